The second-order valence-electron chi connectivity index (χ2n) is 18.1. The number of rotatable bonds is 49. The van der Waals surface area contributed by atoms with Gasteiger partial charge in [-0.05, 0) is 116 Å². The number of ether oxygens (including phenoxy) is 3. The summed E-state index contributed by atoms with van der Waals surface area (Å²) in [5.41, 5.74) is 0. The first-order chi connectivity index (χ1) is 35.5. The normalized spacial score (nSPS) is 13.3. The third-order valence-electron chi connectivity index (χ3n) is 11.3. The van der Waals surface area contributed by atoms with E-state index in [4.69, 9.17) is 14.2 Å². The predicted octanol–water partition coefficient (Wildman–Crippen LogP) is 19.4. The Morgan fingerprint density at radius 3 is 0.903 bits per heavy atom. The van der Waals surface area contributed by atoms with Gasteiger partial charge in [0.05, 0.1) is 0 Å². The van der Waals surface area contributed by atoms with Crippen LogP contribution < -0.4 is 0 Å². The van der Waals surface area contributed by atoms with Crippen LogP contribution in [-0.2, 0) is 28.6 Å². The number of hydrogen-bond acceptors (Lipinski definition) is 6. The fraction of sp³-hybridized carbons (Fsp3) is 0.561. The Kier molecular flexibility index (Phi) is 54.6. The van der Waals surface area contributed by atoms with Gasteiger partial charge < -0.3 is 14.2 Å². The lowest BCUT2D eigenvalue weighted by molar-refractivity contribution is -0.166. The zero-order valence-electron chi connectivity index (χ0n) is 45.9. The number of carbonyl (C=O) groups is 3. The summed E-state index contributed by atoms with van der Waals surface area (Å²) < 4.78 is 16.7. The Bertz CT molecular complexity index is 1660. The number of allylic oxidation sites excluding steroid dienone is 26. The maximum absolute atomic E-state index is 12.8. The van der Waals surface area contributed by atoms with Crippen LogP contribution >= 0.6 is 0 Å². The van der Waals surface area contributed by atoms with Crippen molar-refractivity contribution in [1.82, 2.24) is 0 Å². The van der Waals surface area contributed by atoms with Crippen LogP contribution in [0.15, 0.2) is 158 Å². The van der Waals surface area contributed by atoms with E-state index in [-0.39, 0.29) is 31.6 Å². The third kappa shape index (κ3) is 56.0. The minimum atomic E-state index is -0.834. The lowest BCUT2D eigenvalue weighted by atomic mass is 10.1. The average molecular weight is 992 g/mol. The van der Waals surface area contributed by atoms with Crippen LogP contribution in [-0.4, -0.2) is 37.2 Å². The maximum atomic E-state index is 12.8. The molecule has 0 fully saturated rings. The molecule has 0 aromatic carbocycles. The Hall–Kier alpha value is -4.97. The minimum absolute atomic E-state index is 0.122. The molecule has 0 bridgehead atoms. The van der Waals surface area contributed by atoms with Gasteiger partial charge in [0.2, 0.25) is 0 Å². The molecular formula is C66H102O6. The van der Waals surface area contributed by atoms with Crippen molar-refractivity contribution < 1.29 is 28.6 Å². The van der Waals surface area contributed by atoms with Crippen molar-refractivity contribution in [2.45, 2.75) is 226 Å². The lowest BCUT2D eigenvalue weighted by Crippen LogP contribution is -2.30. The lowest BCUT2D eigenvalue weighted by Gasteiger charge is -2.18. The first-order valence-electron chi connectivity index (χ1n) is 28.5. The molecule has 0 spiro atoms. The highest BCUT2D eigenvalue weighted by atomic mass is 16.6. The highest BCUT2D eigenvalue weighted by Gasteiger charge is 2.19. The molecule has 0 saturated carbocycles. The summed E-state index contributed by atoms with van der Waals surface area (Å²) >= 11 is 0. The molecule has 0 aromatic heterocycles. The molecular weight excluding hydrogens is 889 g/mol. The first-order valence-corrected chi connectivity index (χ1v) is 28.5. The molecule has 1 atom stereocenters. The van der Waals surface area contributed by atoms with Gasteiger partial charge in [-0.2, -0.15) is 0 Å². The van der Waals surface area contributed by atoms with Gasteiger partial charge in [-0.25, -0.2) is 0 Å². The van der Waals surface area contributed by atoms with Crippen LogP contribution in [0.4, 0.5) is 0 Å². The third-order valence-corrected chi connectivity index (χ3v) is 11.3. The van der Waals surface area contributed by atoms with E-state index >= 15 is 0 Å². The fourth-order valence-electron chi connectivity index (χ4n) is 7.09. The monoisotopic (exact) mass is 991 g/mol. The number of hydrogen-bond donors (Lipinski definition) is 0. The van der Waals surface area contributed by atoms with E-state index in [1.54, 1.807) is 0 Å². The predicted molar refractivity (Wildman–Crippen MR) is 311 cm³/mol. The van der Waals surface area contributed by atoms with Crippen LogP contribution in [0.3, 0.4) is 0 Å². The molecule has 6 nitrogen and oxygen atoms in total. The summed E-state index contributed by atoms with van der Waals surface area (Å²) in [4.78, 5) is 37.9. The van der Waals surface area contributed by atoms with Crippen LogP contribution in [0, 0.1) is 0 Å². The summed E-state index contributed by atoms with van der Waals surface area (Å²) in [6, 6.07) is 0. The largest absolute Gasteiger partial charge is 0.462 e. The molecule has 402 valence electrons. The molecule has 0 heterocycles. The van der Waals surface area contributed by atoms with Crippen molar-refractivity contribution >= 4 is 17.9 Å². The average Bonchev–Trinajstić information content (AvgIpc) is 3.38. The Morgan fingerprint density at radius 2 is 0.569 bits per heavy atom. The molecule has 6 heteroatoms. The number of carbonyl (C=O) groups excluding carboxylic acids is 3. The van der Waals surface area contributed by atoms with E-state index < -0.39 is 12.1 Å². The highest BCUT2D eigenvalue weighted by Crippen LogP contribution is 2.13. The van der Waals surface area contributed by atoms with Gasteiger partial charge in [-0.15, -0.1) is 0 Å². The van der Waals surface area contributed by atoms with E-state index in [1.807, 2.05) is 12.2 Å². The summed E-state index contributed by atoms with van der Waals surface area (Å²) in [5.74, 6) is -1.05. The summed E-state index contributed by atoms with van der Waals surface area (Å²) in [7, 11) is 0. The first kappa shape index (κ1) is 67.0. The Balaban J connectivity index is 4.37. The van der Waals surface area contributed by atoms with Crippen LogP contribution in [0.5, 0.6) is 0 Å². The molecule has 0 saturated heterocycles. The van der Waals surface area contributed by atoms with Crippen molar-refractivity contribution in [3.05, 3.63) is 158 Å². The molecule has 0 aliphatic rings. The van der Waals surface area contributed by atoms with Crippen LogP contribution in [0.1, 0.15) is 220 Å². The van der Waals surface area contributed by atoms with Crippen molar-refractivity contribution in [3.63, 3.8) is 0 Å². The molecule has 0 aliphatic heterocycles. The van der Waals surface area contributed by atoms with E-state index in [0.29, 0.717) is 19.3 Å². The number of esters is 3. The van der Waals surface area contributed by atoms with Gasteiger partial charge in [0.15, 0.2) is 6.10 Å². The Labute approximate surface area is 441 Å². The fourth-order valence-corrected chi connectivity index (χ4v) is 7.09. The SMILES string of the molecule is CC/C=C\C/C=C\C/C=C\C/C=C\C/C=C\C/C=C\C/C=C\C/C=C\C/C=C\CCCCCC(=O)OCC(COC(=O)CCCCCCCCCCCC)OC(=O)CC/C=C\C/C=C\C/C=C\C/C=C\CC. The quantitative estimate of drug-likeness (QED) is 0.0262. The van der Waals surface area contributed by atoms with E-state index in [2.05, 4.69) is 167 Å². The van der Waals surface area contributed by atoms with Crippen molar-refractivity contribution in [2.75, 3.05) is 13.2 Å². The van der Waals surface area contributed by atoms with Gasteiger partial charge in [-0.3, -0.25) is 14.4 Å². The highest BCUT2D eigenvalue weighted by molar-refractivity contribution is 5.71. The molecule has 1 unspecified atom stereocenters. The molecule has 0 aromatic rings. The van der Waals surface area contributed by atoms with Gasteiger partial charge in [0.25, 0.3) is 0 Å². The molecule has 0 amide bonds. The van der Waals surface area contributed by atoms with Crippen molar-refractivity contribution in [2.24, 2.45) is 0 Å². The summed E-state index contributed by atoms with van der Waals surface area (Å²) in [6.45, 7) is 6.28. The van der Waals surface area contributed by atoms with Gasteiger partial charge >= 0.3 is 17.9 Å². The zero-order valence-corrected chi connectivity index (χ0v) is 45.9. The van der Waals surface area contributed by atoms with E-state index in [1.165, 1.54) is 44.9 Å². The van der Waals surface area contributed by atoms with Gasteiger partial charge in [0, 0.05) is 19.3 Å². The van der Waals surface area contributed by atoms with E-state index in [9.17, 15) is 14.4 Å². The maximum Gasteiger partial charge on any atom is 0.306 e. The standard InChI is InChI=1S/C66H102O6/c1-4-7-10-13-16-19-22-24-25-26-27-28-29-30-31-32-33-34-35-36-37-38-39-40-41-43-44-47-50-53-56-59-65(68)71-62-63(61-70-64(67)58-55-52-49-46-21-18-15-12-9-6-3)72-66(69)60-57-54-51-48-45-42-23-20-17-14-11-8-5-2/h7-8,10-11,16-17,19-20,24-25,27-28,30-31,33-34,36-37,39-40,42-45,51,54,63H,4-6,9,12-15,18,21-23,26,29,32,35,38,41,46-50,52-53,55-62H2,1-3H3/b10-7-,11-8-,19-16-,20-17-,25-24-,28-27-,31-30-,34-33-,37-36-,40-39-,44-43-,45-42-,54-51-. The van der Waals surface area contributed by atoms with Crippen LogP contribution in [0.2, 0.25) is 0 Å². The Morgan fingerprint density at radius 1 is 0.292 bits per heavy atom. The van der Waals surface area contributed by atoms with Crippen molar-refractivity contribution in [1.29, 1.82) is 0 Å². The summed E-state index contributed by atoms with van der Waals surface area (Å²) in [5, 5.41) is 0. The second-order valence-corrected chi connectivity index (χ2v) is 18.1. The molecule has 0 aliphatic carbocycles. The molecule has 0 N–H and O–H groups in total. The molecule has 0 radical (unpaired) electrons. The zero-order chi connectivity index (χ0) is 52.2. The van der Waals surface area contributed by atoms with Gasteiger partial charge in [-0.1, -0.05) is 243 Å². The molecule has 0 rings (SSSR count). The number of unbranched alkanes of at least 4 members (excludes halogenated alkanes) is 12. The van der Waals surface area contributed by atoms with Gasteiger partial charge in [0.1, 0.15) is 13.2 Å². The minimum Gasteiger partial charge on any atom is -0.462 e. The molecule has 72 heavy (non-hydrogen) atoms. The summed E-state index contributed by atoms with van der Waals surface area (Å²) in [6.07, 6.45) is 85.5. The smallest absolute Gasteiger partial charge is 0.306 e. The topological polar surface area (TPSA) is 78.9 Å². The van der Waals surface area contributed by atoms with E-state index in [0.717, 1.165) is 128 Å². The van der Waals surface area contributed by atoms with Crippen molar-refractivity contribution in [3.8, 4) is 0 Å². The van der Waals surface area contributed by atoms with Crippen LogP contribution in [0.25, 0.3) is 0 Å². The second kappa shape index (κ2) is 58.6.